The molecule has 1 saturated carbocycles. The molecule has 0 unspecified atom stereocenters. The highest BCUT2D eigenvalue weighted by Gasteiger charge is 2.30. The number of nitrogens with two attached hydrogens (primary N) is 1. The van der Waals surface area contributed by atoms with Gasteiger partial charge in [0.25, 0.3) is 5.91 Å². The van der Waals surface area contributed by atoms with E-state index in [0.29, 0.717) is 12.0 Å². The second-order valence-electron chi connectivity index (χ2n) is 6.66. The van der Waals surface area contributed by atoms with Crippen LogP contribution in [0.3, 0.4) is 0 Å². The van der Waals surface area contributed by atoms with Gasteiger partial charge >= 0.3 is 0 Å². The lowest BCUT2D eigenvalue weighted by Crippen LogP contribution is -2.98. The first-order valence-electron chi connectivity index (χ1n) is 8.29. The average Bonchev–Trinajstić information content (AvgIpc) is 2.48. The molecule has 1 aliphatic rings. The molecule has 0 saturated heterocycles. The number of carbonyl (C=O) groups is 1. The van der Waals surface area contributed by atoms with Crippen molar-refractivity contribution in [3.05, 3.63) is 29.8 Å². The minimum Gasteiger partial charge on any atom is -0.333 e. The van der Waals surface area contributed by atoms with Gasteiger partial charge in [0.15, 0.2) is 6.04 Å². The lowest BCUT2D eigenvalue weighted by Gasteiger charge is -2.27. The summed E-state index contributed by atoms with van der Waals surface area (Å²) in [6.45, 7) is 6.31. The maximum absolute atomic E-state index is 12.6. The monoisotopic (exact) mass is 289 g/mol. The lowest BCUT2D eigenvalue weighted by atomic mass is 9.93. The molecule has 3 nitrogen and oxygen atoms in total. The number of hydrogen-bond donors (Lipinski definition) is 2. The number of para-hydroxylation sites is 1. The van der Waals surface area contributed by atoms with E-state index in [1.807, 2.05) is 31.2 Å². The Morgan fingerprint density at radius 3 is 2.48 bits per heavy atom. The second kappa shape index (κ2) is 7.60. The molecular weight excluding hydrogens is 260 g/mol. The summed E-state index contributed by atoms with van der Waals surface area (Å²) < 4.78 is 0. The molecule has 1 aromatic rings. The van der Waals surface area contributed by atoms with Gasteiger partial charge in [0.05, 0.1) is 6.04 Å². The Balaban J connectivity index is 2.00. The Hall–Kier alpha value is -1.35. The van der Waals surface area contributed by atoms with Crippen LogP contribution in [0, 0.1) is 12.8 Å². The molecule has 1 atom stereocenters. The van der Waals surface area contributed by atoms with Gasteiger partial charge in [0, 0.05) is 11.6 Å². The van der Waals surface area contributed by atoms with E-state index >= 15 is 0 Å². The van der Waals surface area contributed by atoms with Crippen molar-refractivity contribution < 1.29 is 10.1 Å². The number of quaternary nitrogens is 1. The van der Waals surface area contributed by atoms with E-state index in [-0.39, 0.29) is 11.9 Å². The topological polar surface area (TPSA) is 45.7 Å². The van der Waals surface area contributed by atoms with Crippen LogP contribution in [0.15, 0.2) is 24.3 Å². The molecule has 0 aliphatic heterocycles. The van der Waals surface area contributed by atoms with Gasteiger partial charge in [0.1, 0.15) is 0 Å². The van der Waals surface area contributed by atoms with Crippen LogP contribution in [0.4, 0.5) is 5.69 Å². The molecule has 0 radical (unpaired) electrons. The molecule has 116 valence electrons. The number of amides is 1. The summed E-state index contributed by atoms with van der Waals surface area (Å²) in [4.78, 5) is 12.6. The zero-order valence-corrected chi connectivity index (χ0v) is 13.6. The van der Waals surface area contributed by atoms with Crippen molar-refractivity contribution in [1.29, 1.82) is 0 Å². The average molecular weight is 289 g/mol. The molecule has 3 heteroatoms. The molecule has 2 rings (SSSR count). The van der Waals surface area contributed by atoms with Crippen LogP contribution in [0.2, 0.25) is 0 Å². The molecular formula is C18H29N2O+. The van der Waals surface area contributed by atoms with Crippen molar-refractivity contribution in [3.8, 4) is 0 Å². The summed E-state index contributed by atoms with van der Waals surface area (Å²) in [5, 5.41) is 5.43. The highest BCUT2D eigenvalue weighted by molar-refractivity contribution is 5.94. The van der Waals surface area contributed by atoms with E-state index in [0.717, 1.165) is 11.3 Å². The lowest BCUT2D eigenvalue weighted by molar-refractivity contribution is -0.716. The fourth-order valence-corrected chi connectivity index (χ4v) is 3.16. The van der Waals surface area contributed by atoms with Gasteiger partial charge < -0.3 is 10.6 Å². The zero-order valence-electron chi connectivity index (χ0n) is 13.6. The molecule has 0 spiro atoms. The van der Waals surface area contributed by atoms with Gasteiger partial charge in [-0.05, 0) is 44.2 Å². The summed E-state index contributed by atoms with van der Waals surface area (Å²) in [5.74, 6) is 0.487. The highest BCUT2D eigenvalue weighted by Crippen LogP contribution is 2.16. The predicted molar refractivity (Wildman–Crippen MR) is 87.2 cm³/mol. The summed E-state index contributed by atoms with van der Waals surface area (Å²) in [7, 11) is 0. The highest BCUT2D eigenvalue weighted by atomic mass is 16.2. The number of anilines is 1. The minimum absolute atomic E-state index is 0.00714. The Kier molecular flexibility index (Phi) is 5.80. The molecule has 1 aromatic carbocycles. The Labute approximate surface area is 128 Å². The Morgan fingerprint density at radius 1 is 1.19 bits per heavy atom. The standard InChI is InChI=1S/C18H28N2O/c1-13(2)17(19-15-10-5-4-6-11-15)18(21)20-16-12-8-7-9-14(16)3/h7-9,12-13,15,17,19H,4-6,10-11H2,1-3H3,(H,20,21)/p+1/t17-/m0/s1. The fourth-order valence-electron chi connectivity index (χ4n) is 3.16. The van der Waals surface area contributed by atoms with Crippen molar-refractivity contribution in [3.63, 3.8) is 0 Å². The smallest absolute Gasteiger partial charge is 0.282 e. The SMILES string of the molecule is Cc1ccccc1NC(=O)[C@@H]([NH2+]C1CCCCC1)C(C)C. The number of hydrogen-bond acceptors (Lipinski definition) is 1. The van der Waals surface area contributed by atoms with Gasteiger partial charge in [-0.15, -0.1) is 0 Å². The van der Waals surface area contributed by atoms with Crippen LogP contribution >= 0.6 is 0 Å². The van der Waals surface area contributed by atoms with E-state index in [1.165, 1.54) is 32.1 Å². The van der Waals surface area contributed by atoms with E-state index < -0.39 is 0 Å². The Morgan fingerprint density at radius 2 is 1.86 bits per heavy atom. The maximum Gasteiger partial charge on any atom is 0.282 e. The van der Waals surface area contributed by atoms with Gasteiger partial charge in [-0.2, -0.15) is 0 Å². The largest absolute Gasteiger partial charge is 0.333 e. The van der Waals surface area contributed by atoms with Crippen LogP contribution in [0.5, 0.6) is 0 Å². The van der Waals surface area contributed by atoms with Crippen LogP contribution in [-0.2, 0) is 4.79 Å². The normalized spacial score (nSPS) is 17.7. The van der Waals surface area contributed by atoms with Gasteiger partial charge in [-0.25, -0.2) is 0 Å². The number of carbonyl (C=O) groups excluding carboxylic acids is 1. The number of benzene rings is 1. The van der Waals surface area contributed by atoms with Crippen LogP contribution < -0.4 is 10.6 Å². The first kappa shape index (κ1) is 16.0. The molecule has 0 aromatic heterocycles. The molecule has 1 fully saturated rings. The van der Waals surface area contributed by atoms with Gasteiger partial charge in [0.2, 0.25) is 0 Å². The zero-order chi connectivity index (χ0) is 15.2. The number of nitrogens with one attached hydrogen (secondary N) is 1. The molecule has 1 aliphatic carbocycles. The first-order chi connectivity index (χ1) is 10.1. The molecule has 0 heterocycles. The molecule has 1 amide bonds. The van der Waals surface area contributed by atoms with E-state index in [2.05, 4.69) is 24.5 Å². The third kappa shape index (κ3) is 4.57. The van der Waals surface area contributed by atoms with Crippen LogP contribution in [-0.4, -0.2) is 18.0 Å². The summed E-state index contributed by atoms with van der Waals surface area (Å²) in [6.07, 6.45) is 6.48. The van der Waals surface area contributed by atoms with Gasteiger partial charge in [-0.3, -0.25) is 4.79 Å². The van der Waals surface area contributed by atoms with Crippen molar-refractivity contribution in [2.24, 2.45) is 5.92 Å². The van der Waals surface area contributed by atoms with Crippen LogP contribution in [0.1, 0.15) is 51.5 Å². The Bertz CT molecular complexity index is 464. The maximum atomic E-state index is 12.6. The van der Waals surface area contributed by atoms with Crippen molar-refractivity contribution in [2.75, 3.05) is 5.32 Å². The quantitative estimate of drug-likeness (QED) is 0.860. The van der Waals surface area contributed by atoms with E-state index in [4.69, 9.17) is 0 Å². The number of rotatable bonds is 5. The van der Waals surface area contributed by atoms with Crippen molar-refractivity contribution in [2.45, 2.75) is 65.0 Å². The van der Waals surface area contributed by atoms with Gasteiger partial charge in [-0.1, -0.05) is 38.5 Å². The molecule has 3 N–H and O–H groups in total. The molecule has 21 heavy (non-hydrogen) atoms. The van der Waals surface area contributed by atoms with Crippen LogP contribution in [0.25, 0.3) is 0 Å². The van der Waals surface area contributed by atoms with Crippen molar-refractivity contribution >= 4 is 11.6 Å². The molecule has 0 bridgehead atoms. The third-order valence-electron chi connectivity index (χ3n) is 4.55. The minimum atomic E-state index is 0.00714. The fraction of sp³-hybridized carbons (Fsp3) is 0.611. The summed E-state index contributed by atoms with van der Waals surface area (Å²) in [5.41, 5.74) is 2.05. The summed E-state index contributed by atoms with van der Waals surface area (Å²) in [6, 6.07) is 8.61. The third-order valence-corrected chi connectivity index (χ3v) is 4.55. The second-order valence-corrected chi connectivity index (χ2v) is 6.66. The predicted octanol–water partition coefficient (Wildman–Crippen LogP) is 2.85. The summed E-state index contributed by atoms with van der Waals surface area (Å²) >= 11 is 0. The first-order valence-corrected chi connectivity index (χ1v) is 8.29. The van der Waals surface area contributed by atoms with Crippen molar-refractivity contribution in [1.82, 2.24) is 0 Å². The van der Waals surface area contributed by atoms with E-state index in [9.17, 15) is 4.79 Å². The number of aryl methyl sites for hydroxylation is 1. The van der Waals surface area contributed by atoms with E-state index in [1.54, 1.807) is 0 Å².